The fourth-order valence-corrected chi connectivity index (χ4v) is 5.67. The highest BCUT2D eigenvalue weighted by Gasteiger charge is 2.24. The third kappa shape index (κ3) is 4.65. The second kappa shape index (κ2) is 9.87. The van der Waals surface area contributed by atoms with Gasteiger partial charge in [-0.2, -0.15) is 4.57 Å². The van der Waals surface area contributed by atoms with Gasteiger partial charge in [0.15, 0.2) is 5.69 Å². The Hall–Kier alpha value is -3.35. The minimum absolute atomic E-state index is 0.951. The van der Waals surface area contributed by atoms with Gasteiger partial charge in [0.25, 0.3) is 0 Å². The van der Waals surface area contributed by atoms with Crippen molar-refractivity contribution in [3.05, 3.63) is 107 Å². The van der Waals surface area contributed by atoms with Gasteiger partial charge in [-0.3, -0.25) is 4.99 Å². The predicted octanol–water partition coefficient (Wildman–Crippen LogP) is 6.68. The number of aromatic nitrogens is 2. The van der Waals surface area contributed by atoms with Crippen LogP contribution in [0, 0.1) is 6.92 Å². The highest BCUT2D eigenvalue weighted by molar-refractivity contribution is 8.03. The third-order valence-corrected chi connectivity index (χ3v) is 7.39. The van der Waals surface area contributed by atoms with Crippen LogP contribution in [0.25, 0.3) is 11.8 Å². The van der Waals surface area contributed by atoms with Crippen LogP contribution in [0.5, 0.6) is 0 Å². The monoisotopic (exact) mass is 481 g/mol. The smallest absolute Gasteiger partial charge is 0.338 e. The molecule has 0 bridgehead atoms. The van der Waals surface area contributed by atoms with E-state index >= 15 is 0 Å². The van der Waals surface area contributed by atoms with E-state index in [0.717, 1.165) is 38.5 Å². The first-order valence-corrected chi connectivity index (χ1v) is 13.1. The Labute approximate surface area is 209 Å². The molecule has 0 radical (unpaired) electrons. The van der Waals surface area contributed by atoms with Crippen LogP contribution in [-0.2, 0) is 0 Å². The molecule has 0 atom stereocenters. The maximum absolute atomic E-state index is 4.96. The van der Waals surface area contributed by atoms with E-state index in [1.54, 1.807) is 23.5 Å². The maximum atomic E-state index is 4.96. The van der Waals surface area contributed by atoms with Gasteiger partial charge in [-0.15, -0.1) is 0 Å². The van der Waals surface area contributed by atoms with Crippen molar-refractivity contribution in [1.29, 1.82) is 0 Å². The fraction of sp³-hybridized carbons (Fsp3) is 0.107. The van der Waals surface area contributed by atoms with E-state index in [1.165, 1.54) is 10.6 Å². The first-order chi connectivity index (χ1) is 16.6. The van der Waals surface area contributed by atoms with E-state index in [0.29, 0.717) is 0 Å². The average Bonchev–Trinajstić information content (AvgIpc) is 3.17. The van der Waals surface area contributed by atoms with Gasteiger partial charge in [0, 0.05) is 30.3 Å². The van der Waals surface area contributed by atoms with Gasteiger partial charge >= 0.3 is 5.16 Å². The van der Waals surface area contributed by atoms with Crippen molar-refractivity contribution in [1.82, 2.24) is 4.98 Å². The Kier molecular flexibility index (Phi) is 6.52. The number of aliphatic imine (C=N–C) groups is 1. The number of fused-ring (bicyclic) bond motifs is 1. The van der Waals surface area contributed by atoms with E-state index in [4.69, 9.17) is 4.98 Å². The number of aryl methyl sites for hydroxylation is 1. The van der Waals surface area contributed by atoms with Crippen LogP contribution in [0.4, 0.5) is 11.4 Å². The Morgan fingerprint density at radius 2 is 1.71 bits per heavy atom. The first-order valence-electron chi connectivity index (χ1n) is 11.0. The largest absolute Gasteiger partial charge is 0.364 e. The number of rotatable bonds is 5. The van der Waals surface area contributed by atoms with Crippen LogP contribution in [0.1, 0.15) is 17.0 Å². The lowest BCUT2D eigenvalue weighted by Gasteiger charge is -2.13. The van der Waals surface area contributed by atoms with E-state index in [1.807, 2.05) is 30.5 Å². The molecule has 1 aromatic heterocycles. The summed E-state index contributed by atoms with van der Waals surface area (Å²) in [6.07, 6.45) is 6.14. The third-order valence-electron chi connectivity index (χ3n) is 5.61. The van der Waals surface area contributed by atoms with Gasteiger partial charge in [0.1, 0.15) is 11.4 Å². The molecule has 0 saturated carbocycles. The van der Waals surface area contributed by atoms with Crippen LogP contribution in [-0.4, -0.2) is 24.5 Å². The average molecular weight is 482 g/mol. The Bertz CT molecular complexity index is 1380. The number of benzene rings is 3. The second-order valence-electron chi connectivity index (χ2n) is 7.94. The molecule has 0 amide bonds. The van der Waals surface area contributed by atoms with Crippen molar-refractivity contribution in [2.75, 3.05) is 18.2 Å². The van der Waals surface area contributed by atoms with Gasteiger partial charge in [-0.25, -0.2) is 0 Å². The number of hydrogen-bond acceptors (Lipinski definition) is 5. The van der Waals surface area contributed by atoms with Crippen LogP contribution in [0.15, 0.2) is 105 Å². The molecule has 5 rings (SSSR count). The summed E-state index contributed by atoms with van der Waals surface area (Å²) >= 11 is 3.41. The van der Waals surface area contributed by atoms with E-state index in [-0.39, 0.29) is 0 Å². The van der Waals surface area contributed by atoms with Gasteiger partial charge in [0.05, 0.1) is 16.4 Å². The topological polar surface area (TPSA) is 32.4 Å². The second-order valence-corrected chi connectivity index (χ2v) is 9.78. The summed E-state index contributed by atoms with van der Waals surface area (Å²) in [5, 5.41) is 2.12. The molecule has 3 aromatic carbocycles. The van der Waals surface area contributed by atoms with E-state index in [9.17, 15) is 0 Å². The minimum atomic E-state index is 0.951. The fourth-order valence-electron chi connectivity index (χ4n) is 3.91. The summed E-state index contributed by atoms with van der Waals surface area (Å²) < 4.78 is 2.20. The molecule has 0 spiro atoms. The Morgan fingerprint density at radius 1 is 0.971 bits per heavy atom. The molecule has 0 N–H and O–H groups in total. The quantitative estimate of drug-likeness (QED) is 0.138. The Morgan fingerprint density at radius 3 is 2.44 bits per heavy atom. The summed E-state index contributed by atoms with van der Waals surface area (Å²) in [4.78, 5) is 13.0. The summed E-state index contributed by atoms with van der Waals surface area (Å²) in [6, 6.07) is 29.0. The van der Waals surface area contributed by atoms with Crippen LogP contribution in [0.2, 0.25) is 0 Å². The number of anilines is 1. The van der Waals surface area contributed by atoms with Gasteiger partial charge in [-0.05, 0) is 65.8 Å². The minimum Gasteiger partial charge on any atom is -0.338 e. The Balaban J connectivity index is 1.43. The number of thioether (sulfide) groups is 2. The van der Waals surface area contributed by atoms with Crippen molar-refractivity contribution in [2.24, 2.45) is 4.99 Å². The maximum Gasteiger partial charge on any atom is 0.364 e. The normalized spacial score (nSPS) is 14.2. The molecule has 0 unspecified atom stereocenters. The van der Waals surface area contributed by atoms with Crippen molar-refractivity contribution >= 4 is 47.2 Å². The molecule has 168 valence electrons. The van der Waals surface area contributed by atoms with Gasteiger partial charge < -0.3 is 4.90 Å². The molecule has 1 aliphatic heterocycles. The highest BCUT2D eigenvalue weighted by Crippen LogP contribution is 2.47. The number of para-hydroxylation sites is 1. The molecule has 2 heterocycles. The zero-order chi connectivity index (χ0) is 23.5. The van der Waals surface area contributed by atoms with E-state index < -0.39 is 0 Å². The number of hydrogen-bond donors (Lipinski definition) is 0. The van der Waals surface area contributed by atoms with Crippen molar-refractivity contribution < 1.29 is 4.57 Å². The lowest BCUT2D eigenvalue weighted by atomic mass is 10.2. The summed E-state index contributed by atoms with van der Waals surface area (Å²) in [5.41, 5.74) is 6.46. The summed E-state index contributed by atoms with van der Waals surface area (Å²) in [5.74, 6) is 0. The molecule has 4 nitrogen and oxygen atoms in total. The molecular formula is C28H25N4S2+. The van der Waals surface area contributed by atoms with Crippen LogP contribution < -0.4 is 9.47 Å². The molecule has 6 heteroatoms. The number of nitrogens with zero attached hydrogens (tertiary/aromatic N) is 4. The summed E-state index contributed by atoms with van der Waals surface area (Å²) in [6.45, 7) is 2.13. The molecule has 1 aliphatic rings. The van der Waals surface area contributed by atoms with Gasteiger partial charge in [-0.1, -0.05) is 60.3 Å². The molecule has 0 aliphatic carbocycles. The first kappa shape index (κ1) is 22.4. The zero-order valence-corrected chi connectivity index (χ0v) is 21.0. The highest BCUT2D eigenvalue weighted by atomic mass is 32.2. The van der Waals surface area contributed by atoms with Crippen LogP contribution >= 0.6 is 23.5 Å². The molecule has 34 heavy (non-hydrogen) atoms. The van der Waals surface area contributed by atoms with Crippen LogP contribution in [0.3, 0.4) is 0 Å². The predicted molar refractivity (Wildman–Crippen MR) is 145 cm³/mol. The molecule has 0 saturated heterocycles. The lowest BCUT2D eigenvalue weighted by Crippen LogP contribution is -2.38. The lowest BCUT2D eigenvalue weighted by molar-refractivity contribution is -0.647. The van der Waals surface area contributed by atoms with Crippen molar-refractivity contribution in [2.45, 2.75) is 17.0 Å². The molecule has 4 aromatic rings. The van der Waals surface area contributed by atoms with E-state index in [2.05, 4.69) is 101 Å². The molecule has 0 fully saturated rings. The summed E-state index contributed by atoms with van der Waals surface area (Å²) in [7, 11) is 2.10. The zero-order valence-electron chi connectivity index (χ0n) is 19.3. The molecular weight excluding hydrogens is 456 g/mol. The van der Waals surface area contributed by atoms with Crippen molar-refractivity contribution in [3.8, 4) is 5.69 Å². The van der Waals surface area contributed by atoms with Gasteiger partial charge in [0.2, 0.25) is 0 Å². The van der Waals surface area contributed by atoms with Crippen molar-refractivity contribution in [3.63, 3.8) is 0 Å². The SMILES string of the molecule is CSc1nc(/C=C2\Sc3cc(N=Cc4ccccc4)ccc3N2C)cc(C)[n+]1-c1ccccc1. The standard InChI is InChI=1S/C28H25N4S2/c1-20-16-23(30-28(33-3)32(20)24-12-8-5-9-13-24)18-27-31(2)25-15-14-22(17-26(25)34-27)29-19-21-10-6-4-7-11-21/h4-19H,1-3H3/q+1.